The van der Waals surface area contributed by atoms with Crippen LogP contribution < -0.4 is 11.1 Å². The summed E-state index contributed by atoms with van der Waals surface area (Å²) in [5.74, 6) is -0.413. The van der Waals surface area contributed by atoms with Gasteiger partial charge in [0, 0.05) is 6.54 Å². The minimum absolute atomic E-state index is 0.0604. The van der Waals surface area contributed by atoms with Crippen molar-refractivity contribution in [2.24, 2.45) is 5.73 Å². The number of aliphatic hydroxyl groups is 2. The van der Waals surface area contributed by atoms with E-state index in [0.29, 0.717) is 12.8 Å². The molecule has 0 saturated carbocycles. The van der Waals surface area contributed by atoms with Crippen molar-refractivity contribution in [3.05, 3.63) is 12.2 Å². The first kappa shape index (κ1) is 60.2. The third-order valence-electron chi connectivity index (χ3n) is 12.2. The van der Waals surface area contributed by atoms with Gasteiger partial charge in [0.15, 0.2) is 0 Å². The first-order chi connectivity index (χ1) is 29.8. The number of carbonyl (C=O) groups is 1. The smallest absolute Gasteiger partial charge is 0.393 e. The van der Waals surface area contributed by atoms with Crippen LogP contribution in [0.3, 0.4) is 0 Å². The van der Waals surface area contributed by atoms with E-state index >= 15 is 0 Å². The van der Waals surface area contributed by atoms with Crippen molar-refractivity contribution in [1.29, 1.82) is 0 Å². The number of hydrogen-bond donors (Lipinski definition) is 5. The van der Waals surface area contributed by atoms with Crippen LogP contribution >= 0.6 is 7.82 Å². The molecular formula is C51H103N2O7P. The molecule has 0 aliphatic carbocycles. The van der Waals surface area contributed by atoms with Crippen LogP contribution in [0.5, 0.6) is 0 Å². The van der Waals surface area contributed by atoms with E-state index in [0.717, 1.165) is 44.9 Å². The van der Waals surface area contributed by atoms with Gasteiger partial charge < -0.3 is 26.2 Å². The topological polar surface area (TPSA) is 151 Å². The van der Waals surface area contributed by atoms with Crippen LogP contribution in [0.4, 0.5) is 0 Å². The van der Waals surface area contributed by atoms with Gasteiger partial charge in [-0.25, -0.2) is 4.57 Å². The molecule has 61 heavy (non-hydrogen) atoms. The second-order valence-electron chi connectivity index (χ2n) is 18.3. The maximum absolute atomic E-state index is 12.9. The number of rotatable bonds is 50. The number of unbranched alkanes of at least 4 members (excludes halogenated alkanes) is 34. The average molecular weight is 887 g/mol. The summed E-state index contributed by atoms with van der Waals surface area (Å²) in [6, 6.07) is -0.897. The fraction of sp³-hybridized carbons (Fsp3) is 0.941. The Balaban J connectivity index is 4.12. The van der Waals surface area contributed by atoms with Crippen LogP contribution in [0, 0.1) is 0 Å². The number of allylic oxidation sites excluding steroid dienone is 2. The number of phosphoric acid groups is 1. The van der Waals surface area contributed by atoms with Crippen molar-refractivity contribution < 1.29 is 33.5 Å². The van der Waals surface area contributed by atoms with E-state index in [4.69, 9.17) is 14.8 Å². The quantitative estimate of drug-likeness (QED) is 0.0230. The molecule has 0 heterocycles. The Kier molecular flexibility index (Phi) is 46.6. The van der Waals surface area contributed by atoms with Crippen LogP contribution in [0.15, 0.2) is 12.2 Å². The van der Waals surface area contributed by atoms with Crippen LogP contribution in [0.2, 0.25) is 0 Å². The van der Waals surface area contributed by atoms with Crippen molar-refractivity contribution in [2.45, 2.75) is 289 Å². The van der Waals surface area contributed by atoms with Gasteiger partial charge in [0.05, 0.1) is 37.9 Å². The molecule has 9 nitrogen and oxygen atoms in total. The van der Waals surface area contributed by atoms with Gasteiger partial charge >= 0.3 is 7.82 Å². The number of phosphoric ester groups is 1. The largest absolute Gasteiger partial charge is 0.472 e. The molecule has 1 amide bonds. The number of amides is 1. The van der Waals surface area contributed by atoms with E-state index in [-0.39, 0.29) is 26.2 Å². The Labute approximate surface area is 378 Å². The number of carbonyl (C=O) groups excluding carboxylic acids is 1. The Morgan fingerprint density at radius 1 is 0.541 bits per heavy atom. The Morgan fingerprint density at radius 3 is 1.26 bits per heavy atom. The SMILES string of the molecule is CCCCCCCCCCCCCC/C=C\CCCCCCCC(O)CC(=O)NC(COP(=O)(O)OCCN)C(O)CCCCCCCCCCCCCCCCCCCC. The van der Waals surface area contributed by atoms with E-state index in [1.54, 1.807) is 0 Å². The molecule has 0 fully saturated rings. The molecule has 6 N–H and O–H groups in total. The monoisotopic (exact) mass is 887 g/mol. The summed E-state index contributed by atoms with van der Waals surface area (Å²) >= 11 is 0. The molecule has 10 heteroatoms. The molecule has 0 aromatic rings. The molecular weight excluding hydrogens is 784 g/mol. The Bertz CT molecular complexity index is 987. The zero-order valence-electron chi connectivity index (χ0n) is 40.3. The normalized spacial score (nSPS) is 14.4. The van der Waals surface area contributed by atoms with E-state index in [1.165, 1.54) is 193 Å². The highest BCUT2D eigenvalue weighted by molar-refractivity contribution is 7.47. The third kappa shape index (κ3) is 45.6. The minimum Gasteiger partial charge on any atom is -0.393 e. The highest BCUT2D eigenvalue weighted by Crippen LogP contribution is 2.43. The fourth-order valence-corrected chi connectivity index (χ4v) is 8.94. The molecule has 0 aromatic carbocycles. The number of aliphatic hydroxyl groups excluding tert-OH is 2. The van der Waals surface area contributed by atoms with E-state index in [2.05, 4.69) is 31.3 Å². The summed E-state index contributed by atoms with van der Waals surface area (Å²) in [6.07, 6.45) is 51.2. The second kappa shape index (κ2) is 47.2. The fourth-order valence-electron chi connectivity index (χ4n) is 8.18. The molecule has 364 valence electrons. The van der Waals surface area contributed by atoms with E-state index in [1.807, 2.05) is 0 Å². The van der Waals surface area contributed by atoms with Gasteiger partial charge in [-0.2, -0.15) is 0 Å². The lowest BCUT2D eigenvalue weighted by atomic mass is 10.0. The second-order valence-corrected chi connectivity index (χ2v) is 19.7. The van der Waals surface area contributed by atoms with E-state index in [9.17, 15) is 24.5 Å². The average Bonchev–Trinajstić information content (AvgIpc) is 3.24. The van der Waals surface area contributed by atoms with Crippen molar-refractivity contribution in [1.82, 2.24) is 5.32 Å². The van der Waals surface area contributed by atoms with Gasteiger partial charge in [0.25, 0.3) is 0 Å². The number of nitrogens with two attached hydrogens (primary N) is 1. The Morgan fingerprint density at radius 2 is 0.885 bits per heavy atom. The van der Waals surface area contributed by atoms with Gasteiger partial charge in [-0.05, 0) is 38.5 Å². The van der Waals surface area contributed by atoms with Crippen LogP contribution in [0.25, 0.3) is 0 Å². The maximum atomic E-state index is 12.9. The van der Waals surface area contributed by atoms with Crippen molar-refractivity contribution in [3.63, 3.8) is 0 Å². The molecule has 0 bridgehead atoms. The summed E-state index contributed by atoms with van der Waals surface area (Å²) in [7, 11) is -4.38. The van der Waals surface area contributed by atoms with Crippen LogP contribution in [-0.4, -0.2) is 59.0 Å². The number of hydrogen-bond acceptors (Lipinski definition) is 7. The van der Waals surface area contributed by atoms with Gasteiger partial charge in [-0.3, -0.25) is 13.8 Å². The van der Waals surface area contributed by atoms with Gasteiger partial charge in [0.2, 0.25) is 5.91 Å². The molecule has 4 unspecified atom stereocenters. The molecule has 0 spiro atoms. The molecule has 0 saturated heterocycles. The standard InChI is InChI=1S/C51H103N2O7P/c1-3-5-7-9-11-13-15-17-19-21-23-24-25-26-28-30-32-34-36-38-40-42-48(54)46-51(56)53-49(47-60-61(57,58)59-45-44-52)50(55)43-41-39-37-35-33-31-29-27-22-20-18-16-14-12-10-8-6-4-2/h26,28,48-50,54-55H,3-25,27,29-47,52H2,1-2H3,(H,53,56)(H,57,58)/b28-26-. The van der Waals surface area contributed by atoms with Crippen LogP contribution in [-0.2, 0) is 18.4 Å². The summed E-state index contributed by atoms with van der Waals surface area (Å²) in [4.78, 5) is 22.9. The highest BCUT2D eigenvalue weighted by Gasteiger charge is 2.28. The maximum Gasteiger partial charge on any atom is 0.472 e. The zero-order chi connectivity index (χ0) is 44.8. The summed E-state index contributed by atoms with van der Waals surface area (Å²) in [6.45, 7) is 4.09. The summed E-state index contributed by atoms with van der Waals surface area (Å²) in [5.41, 5.74) is 5.39. The first-order valence-corrected chi connectivity index (χ1v) is 27.9. The lowest BCUT2D eigenvalue weighted by Gasteiger charge is -2.25. The summed E-state index contributed by atoms with van der Waals surface area (Å²) < 4.78 is 22.2. The van der Waals surface area contributed by atoms with Gasteiger partial charge in [-0.1, -0.05) is 238 Å². The predicted octanol–water partition coefficient (Wildman–Crippen LogP) is 14.5. The molecule has 0 aromatic heterocycles. The predicted molar refractivity (Wildman–Crippen MR) is 260 cm³/mol. The molecule has 0 radical (unpaired) electrons. The number of nitrogens with one attached hydrogen (secondary N) is 1. The zero-order valence-corrected chi connectivity index (χ0v) is 41.2. The lowest BCUT2D eigenvalue weighted by Crippen LogP contribution is -2.47. The van der Waals surface area contributed by atoms with E-state index < -0.39 is 32.0 Å². The van der Waals surface area contributed by atoms with Crippen molar-refractivity contribution in [2.75, 3.05) is 19.8 Å². The molecule has 4 atom stereocenters. The van der Waals surface area contributed by atoms with Gasteiger partial charge in [-0.15, -0.1) is 0 Å². The first-order valence-electron chi connectivity index (χ1n) is 26.4. The summed E-state index contributed by atoms with van der Waals surface area (Å²) in [5, 5.41) is 24.3. The van der Waals surface area contributed by atoms with Crippen molar-refractivity contribution >= 4 is 13.7 Å². The molecule has 0 aliphatic heterocycles. The minimum atomic E-state index is -4.38. The third-order valence-corrected chi connectivity index (χ3v) is 13.2. The highest BCUT2D eigenvalue weighted by atomic mass is 31.2. The molecule has 0 aliphatic rings. The van der Waals surface area contributed by atoms with Crippen molar-refractivity contribution in [3.8, 4) is 0 Å². The van der Waals surface area contributed by atoms with Gasteiger partial charge in [0.1, 0.15) is 0 Å². The molecule has 0 rings (SSSR count). The lowest BCUT2D eigenvalue weighted by molar-refractivity contribution is -0.125. The Hall–Kier alpha value is -0.800. The van der Waals surface area contributed by atoms with Crippen LogP contribution in [0.1, 0.15) is 271 Å².